The number of phenolic OH excluding ortho intramolecular Hbond substituents is 1. The summed E-state index contributed by atoms with van der Waals surface area (Å²) in [5, 5.41) is 19.9. The van der Waals surface area contributed by atoms with Gasteiger partial charge in [0.2, 0.25) is 6.10 Å². The molecule has 11 heteroatoms. The monoisotopic (exact) mass is 452 g/mol. The minimum Gasteiger partial charge on any atom is -0.508 e. The molecular weight excluding hydrogens is 429 g/mol. The summed E-state index contributed by atoms with van der Waals surface area (Å²) < 4.78 is 41.1. The summed E-state index contributed by atoms with van der Waals surface area (Å²) in [4.78, 5) is 24.5. The maximum atomic E-state index is 12.3. The van der Waals surface area contributed by atoms with E-state index in [0.29, 0.717) is 29.8 Å². The number of aromatic hydroxyl groups is 1. The lowest BCUT2D eigenvalue weighted by Gasteiger charge is -2.36. The van der Waals surface area contributed by atoms with Crippen LogP contribution in [0.15, 0.2) is 12.1 Å². The van der Waals surface area contributed by atoms with Gasteiger partial charge >= 0.3 is 12.1 Å². The maximum Gasteiger partial charge on any atom is 0.490 e. The van der Waals surface area contributed by atoms with Crippen molar-refractivity contribution in [1.29, 1.82) is 0 Å². The lowest BCUT2D eigenvalue weighted by atomic mass is 9.85. The average Bonchev–Trinajstić information content (AvgIpc) is 2.71. The summed E-state index contributed by atoms with van der Waals surface area (Å²) in [6, 6.07) is 2.63. The van der Waals surface area contributed by atoms with Crippen molar-refractivity contribution >= 4 is 23.5 Å². The Morgan fingerprint density at radius 3 is 2.43 bits per heavy atom. The van der Waals surface area contributed by atoms with Crippen molar-refractivity contribution < 1.29 is 37.7 Å². The van der Waals surface area contributed by atoms with Crippen LogP contribution in [0.5, 0.6) is 5.75 Å². The molecule has 0 radical (unpaired) electrons. The Morgan fingerprint density at radius 2 is 1.93 bits per heavy atom. The highest BCUT2D eigenvalue weighted by molar-refractivity contribution is 6.31. The van der Waals surface area contributed by atoms with Crippen LogP contribution in [0.4, 0.5) is 13.2 Å². The van der Waals surface area contributed by atoms with Gasteiger partial charge < -0.3 is 25.6 Å². The van der Waals surface area contributed by atoms with Crippen LogP contribution >= 0.6 is 11.6 Å². The fourth-order valence-electron chi connectivity index (χ4n) is 3.46. The topological polar surface area (TPSA) is 113 Å². The summed E-state index contributed by atoms with van der Waals surface area (Å²) in [6.07, 6.45) is -5.72. The van der Waals surface area contributed by atoms with E-state index in [1.807, 2.05) is 6.92 Å². The molecule has 0 spiro atoms. The second-order valence-electron chi connectivity index (χ2n) is 7.12. The third-order valence-corrected chi connectivity index (χ3v) is 5.57. The van der Waals surface area contributed by atoms with E-state index < -0.39 is 36.8 Å². The van der Waals surface area contributed by atoms with Gasteiger partial charge in [-0.3, -0.25) is 4.79 Å². The predicted octanol–water partition coefficient (Wildman–Crippen LogP) is 2.31. The van der Waals surface area contributed by atoms with Crippen LogP contribution in [0.3, 0.4) is 0 Å². The van der Waals surface area contributed by atoms with Crippen molar-refractivity contribution in [3.8, 4) is 5.75 Å². The summed E-state index contributed by atoms with van der Waals surface area (Å²) in [5.41, 5.74) is 7.56. The van der Waals surface area contributed by atoms with Crippen LogP contribution in [0.1, 0.15) is 36.9 Å². The smallest absolute Gasteiger partial charge is 0.490 e. The fourth-order valence-corrected chi connectivity index (χ4v) is 3.76. The van der Waals surface area contributed by atoms with Gasteiger partial charge in [0.05, 0.1) is 6.61 Å². The molecule has 1 saturated heterocycles. The number of phenols is 1. The number of likely N-dealkylation sites (tertiary alicyclic amines) is 1. The number of piperidine rings is 1. The Labute approximate surface area is 176 Å². The average molecular weight is 453 g/mol. The first-order chi connectivity index (χ1) is 14.0. The van der Waals surface area contributed by atoms with Crippen LogP contribution in [0.25, 0.3) is 0 Å². The van der Waals surface area contributed by atoms with E-state index in [2.05, 4.69) is 4.74 Å². The number of nitrogens with zero attached hydrogens (tertiary/aromatic N) is 1. The molecule has 2 atom stereocenters. The molecule has 168 valence electrons. The van der Waals surface area contributed by atoms with Gasteiger partial charge in [0.15, 0.2) is 0 Å². The number of halogens is 4. The zero-order chi connectivity index (χ0) is 22.6. The summed E-state index contributed by atoms with van der Waals surface area (Å²) >= 11 is 6.21. The number of aryl methyl sites for hydroxylation is 1. The number of carbonyl (C=O) groups is 2. The SMILES string of the molecule is CCc1cc(O)c([C@H](N)C2CCN(C(=O)[C@@H](CO)OC(=O)C(F)(F)F)CC2)cc1Cl. The van der Waals surface area contributed by atoms with Crippen LogP contribution < -0.4 is 5.73 Å². The summed E-state index contributed by atoms with van der Waals surface area (Å²) in [7, 11) is 0. The van der Waals surface area contributed by atoms with E-state index in [4.69, 9.17) is 17.3 Å². The first kappa shape index (κ1) is 24.2. The molecule has 0 bridgehead atoms. The third-order valence-electron chi connectivity index (χ3n) is 5.22. The number of nitrogens with two attached hydrogens (primary N) is 1. The number of aliphatic hydroxyl groups excluding tert-OH is 1. The van der Waals surface area contributed by atoms with Crippen LogP contribution in [0.2, 0.25) is 5.02 Å². The normalized spacial score (nSPS) is 17.5. The van der Waals surface area contributed by atoms with Crippen molar-refractivity contribution in [3.05, 3.63) is 28.3 Å². The Kier molecular flexibility index (Phi) is 7.95. The number of carbonyl (C=O) groups excluding carboxylic acids is 2. The molecule has 7 nitrogen and oxygen atoms in total. The van der Waals surface area contributed by atoms with E-state index >= 15 is 0 Å². The number of hydrogen-bond donors (Lipinski definition) is 3. The summed E-state index contributed by atoms with van der Waals surface area (Å²) in [5.74, 6) is -3.52. The standard InChI is InChI=1S/C19H24ClF3N2O5/c1-2-10-7-14(27)12(8-13(10)20)16(24)11-3-5-25(6-4-11)17(28)15(9-26)30-18(29)19(21,22)23/h7-8,11,15-16,26-27H,2-6,9,24H2,1H3/t15-,16-/m1/s1. The van der Waals surface area contributed by atoms with E-state index in [-0.39, 0.29) is 24.8 Å². The molecule has 0 aromatic heterocycles. The number of amides is 1. The number of benzene rings is 1. The van der Waals surface area contributed by atoms with Crippen molar-refractivity contribution in [3.63, 3.8) is 0 Å². The Hall–Kier alpha value is -2.04. The molecule has 1 aliphatic rings. The Balaban J connectivity index is 2.01. The van der Waals surface area contributed by atoms with Gasteiger partial charge in [-0.05, 0) is 42.9 Å². The number of alkyl halides is 3. The molecule has 0 saturated carbocycles. The molecule has 1 aliphatic heterocycles. The molecule has 2 rings (SSSR count). The second kappa shape index (κ2) is 9.84. The maximum absolute atomic E-state index is 12.3. The first-order valence-electron chi connectivity index (χ1n) is 9.43. The summed E-state index contributed by atoms with van der Waals surface area (Å²) in [6.45, 7) is 1.15. The fraction of sp³-hybridized carbons (Fsp3) is 0.579. The van der Waals surface area contributed by atoms with Gasteiger partial charge in [-0.1, -0.05) is 18.5 Å². The van der Waals surface area contributed by atoms with Crippen LogP contribution in [0, 0.1) is 5.92 Å². The predicted molar refractivity (Wildman–Crippen MR) is 102 cm³/mol. The van der Waals surface area contributed by atoms with E-state index in [1.165, 1.54) is 4.90 Å². The quantitative estimate of drug-likeness (QED) is 0.571. The lowest BCUT2D eigenvalue weighted by molar-refractivity contribution is -0.208. The van der Waals surface area contributed by atoms with Gasteiger partial charge in [-0.15, -0.1) is 0 Å². The van der Waals surface area contributed by atoms with E-state index in [9.17, 15) is 33.0 Å². The van der Waals surface area contributed by atoms with Crippen LogP contribution in [-0.2, 0) is 20.7 Å². The van der Waals surface area contributed by atoms with Gasteiger partial charge in [0, 0.05) is 29.7 Å². The number of ether oxygens (including phenoxy) is 1. The second-order valence-corrected chi connectivity index (χ2v) is 7.53. The zero-order valence-corrected chi connectivity index (χ0v) is 17.0. The number of hydrogen-bond acceptors (Lipinski definition) is 6. The van der Waals surface area contributed by atoms with E-state index in [0.717, 1.165) is 5.56 Å². The molecule has 0 aliphatic carbocycles. The lowest BCUT2D eigenvalue weighted by Crippen LogP contribution is -2.48. The van der Waals surface area contributed by atoms with Gasteiger partial charge in [-0.25, -0.2) is 4.79 Å². The molecule has 1 aromatic carbocycles. The van der Waals surface area contributed by atoms with Gasteiger partial charge in [-0.2, -0.15) is 13.2 Å². The molecule has 0 unspecified atom stereocenters. The van der Waals surface area contributed by atoms with Crippen molar-refractivity contribution in [2.75, 3.05) is 19.7 Å². The minimum atomic E-state index is -5.26. The van der Waals surface area contributed by atoms with Gasteiger partial charge in [0.1, 0.15) is 5.75 Å². The number of rotatable bonds is 6. The third kappa shape index (κ3) is 5.55. The highest BCUT2D eigenvalue weighted by Crippen LogP contribution is 2.36. The molecule has 30 heavy (non-hydrogen) atoms. The van der Waals surface area contributed by atoms with Crippen molar-refractivity contribution in [1.82, 2.24) is 4.90 Å². The Bertz CT molecular complexity index is 782. The number of esters is 1. The van der Waals surface area contributed by atoms with E-state index in [1.54, 1.807) is 12.1 Å². The zero-order valence-electron chi connectivity index (χ0n) is 16.3. The van der Waals surface area contributed by atoms with Gasteiger partial charge in [0.25, 0.3) is 5.91 Å². The molecule has 1 heterocycles. The van der Waals surface area contributed by atoms with Crippen molar-refractivity contribution in [2.45, 2.75) is 44.5 Å². The minimum absolute atomic E-state index is 0.0293. The largest absolute Gasteiger partial charge is 0.508 e. The Morgan fingerprint density at radius 1 is 1.33 bits per heavy atom. The molecule has 4 N–H and O–H groups in total. The molecule has 1 fully saturated rings. The molecule has 1 amide bonds. The first-order valence-corrected chi connectivity index (χ1v) is 9.81. The molecular formula is C19H24ClF3N2O5. The highest BCUT2D eigenvalue weighted by Gasteiger charge is 2.44. The highest BCUT2D eigenvalue weighted by atomic mass is 35.5. The van der Waals surface area contributed by atoms with Crippen molar-refractivity contribution in [2.24, 2.45) is 11.7 Å². The number of aliphatic hydroxyl groups is 1. The van der Waals surface area contributed by atoms with Crippen LogP contribution in [-0.4, -0.2) is 59.0 Å². The molecule has 1 aromatic rings.